The van der Waals surface area contributed by atoms with Crippen LogP contribution >= 0.6 is 0 Å². The van der Waals surface area contributed by atoms with Crippen molar-refractivity contribution in [2.45, 2.75) is 20.0 Å². The molecule has 2 aromatic carbocycles. The van der Waals surface area contributed by atoms with E-state index >= 15 is 0 Å². The number of benzene rings is 2. The maximum atomic E-state index is 14.1. The molecular formula is C22H26FN5O. The predicted octanol–water partition coefficient (Wildman–Crippen LogP) is 3.80. The summed E-state index contributed by atoms with van der Waals surface area (Å²) in [5.74, 6) is 0.964. The Morgan fingerprint density at radius 1 is 1.14 bits per heavy atom. The minimum atomic E-state index is -0.253. The lowest BCUT2D eigenvalue weighted by Crippen LogP contribution is -2.36. The summed E-state index contributed by atoms with van der Waals surface area (Å²) in [4.78, 5) is 10.8. The van der Waals surface area contributed by atoms with Gasteiger partial charge in [0.2, 0.25) is 5.89 Å². The Hall–Kier alpha value is -3.35. The Morgan fingerprint density at radius 2 is 1.93 bits per heavy atom. The molecule has 2 N–H and O–H groups in total. The monoisotopic (exact) mass is 395 g/mol. The van der Waals surface area contributed by atoms with Crippen LogP contribution < -0.4 is 15.5 Å². The van der Waals surface area contributed by atoms with Gasteiger partial charge in [-0.05, 0) is 36.8 Å². The van der Waals surface area contributed by atoms with Crippen LogP contribution in [0.1, 0.15) is 18.2 Å². The molecule has 0 aliphatic heterocycles. The molecular weight excluding hydrogens is 369 g/mol. The molecule has 152 valence electrons. The van der Waals surface area contributed by atoms with Crippen LogP contribution in [0.2, 0.25) is 0 Å². The number of hydrogen-bond acceptors (Lipinski definition) is 4. The maximum absolute atomic E-state index is 14.1. The Labute approximate surface area is 170 Å². The Morgan fingerprint density at radius 3 is 2.62 bits per heavy atom. The maximum Gasteiger partial charge on any atom is 0.226 e. The lowest BCUT2D eigenvalue weighted by atomic mass is 10.2. The van der Waals surface area contributed by atoms with Crippen molar-refractivity contribution in [2.75, 3.05) is 25.5 Å². The van der Waals surface area contributed by atoms with Gasteiger partial charge in [0.15, 0.2) is 5.96 Å². The van der Waals surface area contributed by atoms with Crippen LogP contribution in [0.15, 0.2) is 64.2 Å². The molecule has 0 saturated heterocycles. The second kappa shape index (κ2) is 9.73. The zero-order valence-corrected chi connectivity index (χ0v) is 16.9. The topological polar surface area (TPSA) is 65.7 Å². The third-order valence-electron chi connectivity index (χ3n) is 4.27. The largest absolute Gasteiger partial charge is 0.444 e. The van der Waals surface area contributed by atoms with Crippen molar-refractivity contribution in [3.05, 3.63) is 71.9 Å². The molecule has 0 aliphatic carbocycles. The van der Waals surface area contributed by atoms with Crippen molar-refractivity contribution in [3.63, 3.8) is 0 Å². The normalized spacial score (nSPS) is 11.4. The van der Waals surface area contributed by atoms with Crippen molar-refractivity contribution in [2.24, 2.45) is 4.99 Å². The highest BCUT2D eigenvalue weighted by Crippen LogP contribution is 2.19. The molecule has 3 rings (SSSR count). The van der Waals surface area contributed by atoms with Crippen molar-refractivity contribution in [3.8, 4) is 11.5 Å². The average molecular weight is 395 g/mol. The standard InChI is InChI=1S/C22H26FN5O/c1-4-24-22(25-13-16-10-11-20(28(2)3)19(23)12-16)26-14-18-15-29-21(27-18)17-8-6-5-7-9-17/h5-12,15H,4,13-14H2,1-3H3,(H2,24,25,26). The Balaban J connectivity index is 1.63. The summed E-state index contributed by atoms with van der Waals surface area (Å²) < 4.78 is 19.7. The molecule has 0 fully saturated rings. The molecule has 29 heavy (non-hydrogen) atoms. The van der Waals surface area contributed by atoms with Crippen LogP contribution in [0, 0.1) is 5.82 Å². The van der Waals surface area contributed by atoms with E-state index < -0.39 is 0 Å². The predicted molar refractivity (Wildman–Crippen MR) is 114 cm³/mol. The van der Waals surface area contributed by atoms with E-state index in [0.29, 0.717) is 37.2 Å². The molecule has 0 atom stereocenters. The van der Waals surface area contributed by atoms with E-state index in [1.54, 1.807) is 17.2 Å². The van der Waals surface area contributed by atoms with Gasteiger partial charge in [-0.3, -0.25) is 0 Å². The van der Waals surface area contributed by atoms with Crippen molar-refractivity contribution in [1.29, 1.82) is 0 Å². The van der Waals surface area contributed by atoms with Gasteiger partial charge >= 0.3 is 0 Å². The average Bonchev–Trinajstić information content (AvgIpc) is 3.19. The third kappa shape index (κ3) is 5.57. The number of nitrogens with zero attached hydrogens (tertiary/aromatic N) is 3. The summed E-state index contributed by atoms with van der Waals surface area (Å²) in [6.07, 6.45) is 1.63. The van der Waals surface area contributed by atoms with Crippen LogP contribution in [0.4, 0.5) is 10.1 Å². The first kappa shape index (κ1) is 20.4. The SMILES string of the molecule is CCNC(=NCc1ccc(N(C)C)c(F)c1)NCc1coc(-c2ccccc2)n1. The van der Waals surface area contributed by atoms with E-state index in [4.69, 9.17) is 4.42 Å². The lowest BCUT2D eigenvalue weighted by Gasteiger charge is -2.14. The fraction of sp³-hybridized carbons (Fsp3) is 0.273. The second-order valence-corrected chi connectivity index (χ2v) is 6.74. The van der Waals surface area contributed by atoms with Crippen molar-refractivity contribution < 1.29 is 8.81 Å². The van der Waals surface area contributed by atoms with Gasteiger partial charge in [0, 0.05) is 26.2 Å². The van der Waals surface area contributed by atoms with Crippen LogP contribution in [-0.4, -0.2) is 31.6 Å². The van der Waals surface area contributed by atoms with E-state index in [-0.39, 0.29) is 5.82 Å². The molecule has 0 bridgehead atoms. The Bertz CT molecular complexity index is 953. The van der Waals surface area contributed by atoms with E-state index in [1.165, 1.54) is 6.07 Å². The number of anilines is 1. The van der Waals surface area contributed by atoms with Crippen LogP contribution in [0.25, 0.3) is 11.5 Å². The number of aliphatic imine (C=N–C) groups is 1. The molecule has 0 amide bonds. The lowest BCUT2D eigenvalue weighted by molar-refractivity contribution is 0.572. The molecule has 0 spiro atoms. The van der Waals surface area contributed by atoms with E-state index in [1.807, 2.05) is 57.4 Å². The molecule has 0 aliphatic rings. The molecule has 1 heterocycles. The molecule has 0 saturated carbocycles. The van der Waals surface area contributed by atoms with Gasteiger partial charge in [0.05, 0.1) is 24.5 Å². The number of halogens is 1. The number of guanidine groups is 1. The minimum Gasteiger partial charge on any atom is -0.444 e. The van der Waals surface area contributed by atoms with E-state index in [2.05, 4.69) is 20.6 Å². The van der Waals surface area contributed by atoms with Crippen LogP contribution in [0.3, 0.4) is 0 Å². The van der Waals surface area contributed by atoms with Gasteiger partial charge < -0.3 is 20.0 Å². The summed E-state index contributed by atoms with van der Waals surface area (Å²) in [5, 5.41) is 6.41. The second-order valence-electron chi connectivity index (χ2n) is 6.74. The van der Waals surface area contributed by atoms with Gasteiger partial charge in [0.1, 0.15) is 12.1 Å². The zero-order chi connectivity index (χ0) is 20.6. The number of hydrogen-bond donors (Lipinski definition) is 2. The van der Waals surface area contributed by atoms with Crippen LogP contribution in [0.5, 0.6) is 0 Å². The summed E-state index contributed by atoms with van der Waals surface area (Å²) in [6.45, 7) is 3.55. The molecule has 6 nitrogen and oxygen atoms in total. The highest BCUT2D eigenvalue weighted by Gasteiger charge is 2.08. The van der Waals surface area contributed by atoms with Gasteiger partial charge in [-0.25, -0.2) is 14.4 Å². The summed E-state index contributed by atoms with van der Waals surface area (Å²) in [6, 6.07) is 14.9. The summed E-state index contributed by atoms with van der Waals surface area (Å²) in [5.41, 5.74) is 3.07. The fourth-order valence-corrected chi connectivity index (χ4v) is 2.80. The summed E-state index contributed by atoms with van der Waals surface area (Å²) in [7, 11) is 3.63. The van der Waals surface area contributed by atoms with Gasteiger partial charge in [-0.15, -0.1) is 0 Å². The number of aromatic nitrogens is 1. The third-order valence-corrected chi connectivity index (χ3v) is 4.27. The zero-order valence-electron chi connectivity index (χ0n) is 16.9. The molecule has 3 aromatic rings. The minimum absolute atomic E-state index is 0.253. The fourth-order valence-electron chi connectivity index (χ4n) is 2.80. The summed E-state index contributed by atoms with van der Waals surface area (Å²) >= 11 is 0. The quantitative estimate of drug-likeness (QED) is 0.471. The van der Waals surface area contributed by atoms with Gasteiger partial charge in [-0.2, -0.15) is 0 Å². The van der Waals surface area contributed by atoms with Crippen molar-refractivity contribution in [1.82, 2.24) is 15.6 Å². The van der Waals surface area contributed by atoms with Gasteiger partial charge in [0.25, 0.3) is 0 Å². The van der Waals surface area contributed by atoms with Crippen molar-refractivity contribution >= 4 is 11.6 Å². The first-order valence-corrected chi connectivity index (χ1v) is 9.54. The molecule has 0 radical (unpaired) electrons. The van der Waals surface area contributed by atoms with Crippen LogP contribution in [-0.2, 0) is 13.1 Å². The highest BCUT2D eigenvalue weighted by molar-refractivity contribution is 5.79. The number of oxazole rings is 1. The van der Waals surface area contributed by atoms with E-state index in [0.717, 1.165) is 16.8 Å². The highest BCUT2D eigenvalue weighted by atomic mass is 19.1. The first-order chi connectivity index (χ1) is 14.1. The van der Waals surface area contributed by atoms with E-state index in [9.17, 15) is 4.39 Å². The first-order valence-electron chi connectivity index (χ1n) is 9.54. The number of nitrogens with one attached hydrogen (secondary N) is 2. The molecule has 7 heteroatoms. The molecule has 0 unspecified atom stereocenters. The Kier molecular flexibility index (Phi) is 6.84. The van der Waals surface area contributed by atoms with Gasteiger partial charge in [-0.1, -0.05) is 24.3 Å². The number of rotatable bonds is 7. The smallest absolute Gasteiger partial charge is 0.226 e. The molecule has 1 aromatic heterocycles.